The van der Waals surface area contributed by atoms with Gasteiger partial charge in [-0.3, -0.25) is 4.79 Å². The topological polar surface area (TPSA) is 63.3 Å². The monoisotopic (exact) mass is 202 g/mol. The minimum Gasteiger partial charge on any atom is -0.480 e. The standard InChI is InChI=1S/C6H13NO2S.K/c1-2-10-4-3-5(7)6(8)9;/h5H,2-4,7H2,1H3,(H,8,9);/t5-;/m0./s1. The molecule has 0 aliphatic carbocycles. The van der Waals surface area contributed by atoms with Crippen LogP contribution in [0.2, 0.25) is 0 Å². The van der Waals surface area contributed by atoms with Crippen LogP contribution in [-0.4, -0.2) is 80.0 Å². The van der Waals surface area contributed by atoms with Gasteiger partial charge in [-0.2, -0.15) is 11.8 Å². The summed E-state index contributed by atoms with van der Waals surface area (Å²) in [6.45, 7) is 2.04. The summed E-state index contributed by atoms with van der Waals surface area (Å²) in [4.78, 5) is 10.2. The number of carboxylic acid groups (broad SMARTS) is 1. The number of carboxylic acids is 1. The molecule has 0 heterocycles. The molecule has 3 nitrogen and oxygen atoms in total. The maximum Gasteiger partial charge on any atom is 0.320 e. The first-order valence-electron chi connectivity index (χ1n) is 3.24. The molecule has 0 amide bonds. The number of hydrogen-bond acceptors (Lipinski definition) is 3. The Labute approximate surface area is 114 Å². The van der Waals surface area contributed by atoms with Gasteiger partial charge in [0.25, 0.3) is 0 Å². The van der Waals surface area contributed by atoms with Gasteiger partial charge in [0.1, 0.15) is 6.04 Å². The summed E-state index contributed by atoms with van der Waals surface area (Å²) in [7, 11) is 0. The van der Waals surface area contributed by atoms with Crippen LogP contribution in [-0.2, 0) is 4.79 Å². The Bertz CT molecular complexity index is 113. The predicted molar refractivity (Wildman–Crippen MR) is 49.0 cm³/mol. The smallest absolute Gasteiger partial charge is 0.320 e. The third-order valence-corrected chi connectivity index (χ3v) is 2.03. The largest absolute Gasteiger partial charge is 0.480 e. The van der Waals surface area contributed by atoms with Gasteiger partial charge in [0.2, 0.25) is 0 Å². The van der Waals surface area contributed by atoms with Crippen molar-refractivity contribution in [1.82, 2.24) is 0 Å². The Morgan fingerprint density at radius 2 is 2.27 bits per heavy atom. The van der Waals surface area contributed by atoms with Gasteiger partial charge in [-0.05, 0) is 17.9 Å². The second-order valence-corrected chi connectivity index (χ2v) is 3.32. The second-order valence-electron chi connectivity index (χ2n) is 1.93. The number of rotatable bonds is 5. The van der Waals surface area contributed by atoms with Crippen LogP contribution in [0.4, 0.5) is 0 Å². The zero-order valence-corrected chi connectivity index (χ0v) is 11.0. The van der Waals surface area contributed by atoms with Crippen LogP contribution in [0.25, 0.3) is 0 Å². The van der Waals surface area contributed by atoms with Crippen LogP contribution in [0.3, 0.4) is 0 Å². The molecule has 0 unspecified atom stereocenters. The van der Waals surface area contributed by atoms with E-state index in [4.69, 9.17) is 10.8 Å². The van der Waals surface area contributed by atoms with Gasteiger partial charge in [-0.1, -0.05) is 6.92 Å². The van der Waals surface area contributed by atoms with Crippen molar-refractivity contribution in [3.05, 3.63) is 0 Å². The van der Waals surface area contributed by atoms with Gasteiger partial charge in [-0.25, -0.2) is 0 Å². The van der Waals surface area contributed by atoms with E-state index in [1.54, 1.807) is 11.8 Å². The van der Waals surface area contributed by atoms with E-state index >= 15 is 0 Å². The molecule has 0 aliphatic rings. The van der Waals surface area contributed by atoms with Crippen LogP contribution in [0.1, 0.15) is 13.3 Å². The molecule has 0 aromatic carbocycles. The van der Waals surface area contributed by atoms with Crippen LogP contribution in [0.15, 0.2) is 0 Å². The molecule has 0 fully saturated rings. The quantitative estimate of drug-likeness (QED) is 0.492. The predicted octanol–water partition coefficient (Wildman–Crippen LogP) is 0.161. The first-order chi connectivity index (χ1) is 4.68. The first kappa shape index (κ1) is 14.9. The van der Waals surface area contributed by atoms with Crippen molar-refractivity contribution in [3.63, 3.8) is 0 Å². The van der Waals surface area contributed by atoms with E-state index in [9.17, 15) is 4.79 Å². The molecule has 0 aromatic rings. The molecule has 0 aliphatic heterocycles. The van der Waals surface area contributed by atoms with Crippen molar-refractivity contribution in [2.45, 2.75) is 19.4 Å². The fourth-order valence-electron chi connectivity index (χ4n) is 0.478. The van der Waals surface area contributed by atoms with Crippen molar-refractivity contribution in [2.75, 3.05) is 11.5 Å². The molecule has 5 heteroatoms. The Kier molecular flexibility index (Phi) is 12.9. The average molecular weight is 202 g/mol. The fraction of sp³-hybridized carbons (Fsp3) is 0.833. The number of thioether (sulfide) groups is 1. The molecular formula is C6H13KNO2S. The molecule has 11 heavy (non-hydrogen) atoms. The summed E-state index contributed by atoms with van der Waals surface area (Å²) in [5.41, 5.74) is 5.24. The van der Waals surface area contributed by atoms with Crippen molar-refractivity contribution >= 4 is 69.1 Å². The maximum absolute atomic E-state index is 10.2. The van der Waals surface area contributed by atoms with Gasteiger partial charge in [0, 0.05) is 51.4 Å². The van der Waals surface area contributed by atoms with Crippen molar-refractivity contribution in [1.29, 1.82) is 0 Å². The van der Waals surface area contributed by atoms with Gasteiger partial charge in [0.05, 0.1) is 0 Å². The van der Waals surface area contributed by atoms with Gasteiger partial charge in [0.15, 0.2) is 0 Å². The van der Waals surface area contributed by atoms with Crippen LogP contribution >= 0.6 is 11.8 Å². The summed E-state index contributed by atoms with van der Waals surface area (Å²) in [5.74, 6) is 0.952. The third kappa shape index (κ3) is 9.33. The third-order valence-electron chi connectivity index (χ3n) is 1.09. The maximum atomic E-state index is 10.2. The number of aliphatic carboxylic acids is 1. The Hall–Kier alpha value is 1.42. The van der Waals surface area contributed by atoms with E-state index < -0.39 is 12.0 Å². The normalized spacial score (nSPS) is 11.8. The van der Waals surface area contributed by atoms with E-state index in [-0.39, 0.29) is 51.4 Å². The van der Waals surface area contributed by atoms with Gasteiger partial charge in [-0.15, -0.1) is 0 Å². The average Bonchev–Trinajstić information content (AvgIpc) is 1.88. The molecule has 1 atom stereocenters. The zero-order valence-electron chi connectivity index (χ0n) is 7.04. The van der Waals surface area contributed by atoms with Crippen LogP contribution in [0.5, 0.6) is 0 Å². The molecule has 1 radical (unpaired) electrons. The van der Waals surface area contributed by atoms with Gasteiger partial charge < -0.3 is 10.8 Å². The minimum atomic E-state index is -0.906. The van der Waals surface area contributed by atoms with Crippen LogP contribution < -0.4 is 5.73 Å². The molecule has 0 saturated carbocycles. The molecule has 0 spiro atoms. The van der Waals surface area contributed by atoms with E-state index in [0.717, 1.165) is 11.5 Å². The van der Waals surface area contributed by atoms with Crippen LogP contribution in [0, 0.1) is 0 Å². The minimum absolute atomic E-state index is 0. The van der Waals surface area contributed by atoms with E-state index in [1.165, 1.54) is 0 Å². The van der Waals surface area contributed by atoms with E-state index in [1.807, 2.05) is 6.92 Å². The summed E-state index contributed by atoms with van der Waals surface area (Å²) >= 11 is 1.71. The fourth-order valence-corrected chi connectivity index (χ4v) is 1.19. The molecule has 0 rings (SSSR count). The van der Waals surface area contributed by atoms with Crippen molar-refractivity contribution in [3.8, 4) is 0 Å². The van der Waals surface area contributed by atoms with E-state index in [2.05, 4.69) is 0 Å². The van der Waals surface area contributed by atoms with E-state index in [0.29, 0.717) is 6.42 Å². The molecule has 0 bridgehead atoms. The Morgan fingerprint density at radius 1 is 1.73 bits per heavy atom. The second kappa shape index (κ2) is 9.50. The Balaban J connectivity index is 0. The number of carbonyl (C=O) groups is 1. The Morgan fingerprint density at radius 3 is 2.64 bits per heavy atom. The van der Waals surface area contributed by atoms with Crippen molar-refractivity contribution in [2.24, 2.45) is 5.73 Å². The number of hydrogen-bond donors (Lipinski definition) is 2. The summed E-state index contributed by atoms with van der Waals surface area (Å²) in [5, 5.41) is 8.35. The molecule has 0 saturated heterocycles. The molecule has 0 aromatic heterocycles. The first-order valence-corrected chi connectivity index (χ1v) is 4.40. The zero-order chi connectivity index (χ0) is 7.98. The molecular weight excluding hydrogens is 189 g/mol. The summed E-state index contributed by atoms with van der Waals surface area (Å²) < 4.78 is 0. The van der Waals surface area contributed by atoms with Gasteiger partial charge >= 0.3 is 5.97 Å². The SMILES string of the molecule is CCSCC[C@H](N)C(=O)O.[K]. The molecule has 61 valence electrons. The number of nitrogens with two attached hydrogens (primary N) is 1. The summed E-state index contributed by atoms with van der Waals surface area (Å²) in [6.07, 6.45) is 0.563. The summed E-state index contributed by atoms with van der Waals surface area (Å²) in [6, 6.07) is -0.681. The molecule has 3 N–H and O–H groups in total. The van der Waals surface area contributed by atoms with Crippen molar-refractivity contribution < 1.29 is 9.90 Å².